The van der Waals surface area contributed by atoms with Crippen LogP contribution >= 0.6 is 0 Å². The van der Waals surface area contributed by atoms with Gasteiger partial charge in [-0.2, -0.15) is 8.42 Å². The lowest BCUT2D eigenvalue weighted by molar-refractivity contribution is -0.117. The number of rotatable bonds is 4. The van der Waals surface area contributed by atoms with Gasteiger partial charge in [0.1, 0.15) is 5.70 Å². The van der Waals surface area contributed by atoms with Crippen molar-refractivity contribution in [1.82, 2.24) is 5.48 Å². The molecule has 0 saturated carbocycles. The van der Waals surface area contributed by atoms with E-state index in [0.717, 1.165) is 12.8 Å². The van der Waals surface area contributed by atoms with Crippen LogP contribution in [0.3, 0.4) is 0 Å². The second kappa shape index (κ2) is 5.32. The van der Waals surface area contributed by atoms with Gasteiger partial charge in [-0.15, -0.1) is 4.28 Å². The van der Waals surface area contributed by atoms with Crippen molar-refractivity contribution in [3.63, 3.8) is 0 Å². The Bertz CT molecular complexity index is 563. The Balaban J connectivity index is 2.06. The van der Waals surface area contributed by atoms with Crippen LogP contribution in [-0.4, -0.2) is 14.2 Å². The molecular formula is C12H13NO4S. The molecule has 0 aromatic heterocycles. The molecule has 6 heteroatoms. The van der Waals surface area contributed by atoms with Crippen LogP contribution in [-0.2, 0) is 19.2 Å². The van der Waals surface area contributed by atoms with E-state index in [2.05, 4.69) is 9.76 Å². The van der Waals surface area contributed by atoms with Crippen molar-refractivity contribution in [3.8, 4) is 0 Å². The molecule has 96 valence electrons. The van der Waals surface area contributed by atoms with E-state index in [0.29, 0.717) is 6.42 Å². The highest BCUT2D eigenvalue weighted by molar-refractivity contribution is 7.86. The summed E-state index contributed by atoms with van der Waals surface area (Å²) in [5, 5.41) is 0. The number of carbonyl (C=O) groups is 1. The summed E-state index contributed by atoms with van der Waals surface area (Å²) in [6.45, 7) is 0. The maximum Gasteiger partial charge on any atom is 0.317 e. The first kappa shape index (κ1) is 12.8. The molecule has 1 aromatic rings. The fraction of sp³-hybridized carbons (Fsp3) is 0.250. The van der Waals surface area contributed by atoms with Gasteiger partial charge in [0.05, 0.1) is 4.90 Å². The topological polar surface area (TPSA) is 72.5 Å². The van der Waals surface area contributed by atoms with Crippen LogP contribution in [0.4, 0.5) is 0 Å². The zero-order chi connectivity index (χ0) is 13.0. The predicted molar refractivity (Wildman–Crippen MR) is 64.8 cm³/mol. The number of nitrogens with one attached hydrogen (secondary N) is 1. The van der Waals surface area contributed by atoms with Crippen LogP contribution in [0.5, 0.6) is 0 Å². The van der Waals surface area contributed by atoms with E-state index in [1.54, 1.807) is 24.3 Å². The standard InChI is InChI=1S/C12H13NO4S/c14-12-9-5-4-8-11(12)13-17-18(15,16)10-6-2-1-3-7-10/h1-3,6-8,13H,4-5,9H2. The maximum atomic E-state index is 11.8. The van der Waals surface area contributed by atoms with Crippen LogP contribution in [0.15, 0.2) is 47.0 Å². The quantitative estimate of drug-likeness (QED) is 0.838. The van der Waals surface area contributed by atoms with Crippen molar-refractivity contribution in [2.75, 3.05) is 0 Å². The monoisotopic (exact) mass is 267 g/mol. The van der Waals surface area contributed by atoms with Gasteiger partial charge in [0.15, 0.2) is 5.78 Å². The first-order valence-corrected chi connectivity index (χ1v) is 6.98. The number of hydroxylamine groups is 1. The molecule has 5 nitrogen and oxygen atoms in total. The largest absolute Gasteiger partial charge is 0.317 e. The van der Waals surface area contributed by atoms with Crippen LogP contribution in [0.1, 0.15) is 19.3 Å². The zero-order valence-corrected chi connectivity index (χ0v) is 10.4. The summed E-state index contributed by atoms with van der Waals surface area (Å²) >= 11 is 0. The second-order valence-corrected chi connectivity index (χ2v) is 5.43. The molecular weight excluding hydrogens is 254 g/mol. The summed E-state index contributed by atoms with van der Waals surface area (Å²) < 4.78 is 28.2. The van der Waals surface area contributed by atoms with Crippen molar-refractivity contribution in [1.29, 1.82) is 0 Å². The van der Waals surface area contributed by atoms with E-state index >= 15 is 0 Å². The van der Waals surface area contributed by atoms with Gasteiger partial charge in [-0.3, -0.25) is 4.79 Å². The number of benzene rings is 1. The van der Waals surface area contributed by atoms with Gasteiger partial charge < -0.3 is 0 Å². The van der Waals surface area contributed by atoms with Crippen LogP contribution in [0.2, 0.25) is 0 Å². The van der Waals surface area contributed by atoms with Crippen molar-refractivity contribution in [2.24, 2.45) is 0 Å². The third-order valence-electron chi connectivity index (χ3n) is 2.55. The lowest BCUT2D eigenvalue weighted by Gasteiger charge is -2.13. The van der Waals surface area contributed by atoms with Gasteiger partial charge in [0.25, 0.3) is 0 Å². The number of hydrogen-bond acceptors (Lipinski definition) is 5. The zero-order valence-electron chi connectivity index (χ0n) is 9.63. The fourth-order valence-electron chi connectivity index (χ4n) is 1.59. The van der Waals surface area contributed by atoms with Gasteiger partial charge in [-0.05, 0) is 25.0 Å². The molecule has 1 aromatic carbocycles. The molecule has 1 N–H and O–H groups in total. The van der Waals surface area contributed by atoms with Crippen LogP contribution < -0.4 is 5.48 Å². The summed E-state index contributed by atoms with van der Waals surface area (Å²) in [5.41, 5.74) is 2.44. The minimum Gasteiger partial charge on any atom is -0.292 e. The van der Waals surface area contributed by atoms with E-state index in [-0.39, 0.29) is 16.4 Å². The number of hydrogen-bond donors (Lipinski definition) is 1. The minimum atomic E-state index is -3.89. The molecule has 18 heavy (non-hydrogen) atoms. The number of ketones is 1. The lowest BCUT2D eigenvalue weighted by atomic mass is 10.0. The van der Waals surface area contributed by atoms with Crippen LogP contribution in [0.25, 0.3) is 0 Å². The van der Waals surface area contributed by atoms with E-state index in [9.17, 15) is 13.2 Å². The SMILES string of the molecule is O=C1CCCC=C1NOS(=O)(=O)c1ccccc1. The van der Waals surface area contributed by atoms with Gasteiger partial charge >= 0.3 is 10.1 Å². The predicted octanol–water partition coefficient (Wildman–Crippen LogP) is 1.53. The van der Waals surface area contributed by atoms with Crippen molar-refractivity contribution in [2.45, 2.75) is 24.2 Å². The Labute approximate surface area is 106 Å². The third-order valence-corrected chi connectivity index (χ3v) is 3.70. The molecule has 0 amide bonds. The number of allylic oxidation sites excluding steroid dienone is 2. The van der Waals surface area contributed by atoms with Crippen molar-refractivity contribution < 1.29 is 17.5 Å². The Morgan fingerprint density at radius 3 is 2.56 bits per heavy atom. The van der Waals surface area contributed by atoms with Gasteiger partial charge in [-0.25, -0.2) is 5.48 Å². The Kier molecular flexibility index (Phi) is 3.78. The van der Waals surface area contributed by atoms with Gasteiger partial charge in [0, 0.05) is 6.42 Å². The van der Waals surface area contributed by atoms with Gasteiger partial charge in [0.2, 0.25) is 0 Å². The molecule has 0 heterocycles. The van der Waals surface area contributed by atoms with Crippen molar-refractivity contribution >= 4 is 15.9 Å². The van der Waals surface area contributed by atoms with E-state index in [4.69, 9.17) is 0 Å². The Morgan fingerprint density at radius 1 is 1.17 bits per heavy atom. The molecule has 0 aliphatic heterocycles. The first-order valence-electron chi connectivity index (χ1n) is 5.57. The molecule has 0 bridgehead atoms. The summed E-state index contributed by atoms with van der Waals surface area (Å²) in [6, 6.07) is 7.75. The molecule has 0 fully saturated rings. The van der Waals surface area contributed by atoms with E-state index in [1.165, 1.54) is 12.1 Å². The first-order chi connectivity index (χ1) is 8.59. The average molecular weight is 267 g/mol. The number of carbonyl (C=O) groups excluding carboxylic acids is 1. The van der Waals surface area contributed by atoms with E-state index in [1.807, 2.05) is 0 Å². The summed E-state index contributed by atoms with van der Waals surface area (Å²) in [5.74, 6) is -0.135. The molecule has 0 spiro atoms. The summed E-state index contributed by atoms with van der Waals surface area (Å²) in [7, 11) is -3.89. The molecule has 0 saturated heterocycles. The highest BCUT2D eigenvalue weighted by Gasteiger charge is 2.19. The lowest BCUT2D eigenvalue weighted by Crippen LogP contribution is -2.26. The van der Waals surface area contributed by atoms with Crippen LogP contribution in [0, 0.1) is 0 Å². The maximum absolute atomic E-state index is 11.8. The smallest absolute Gasteiger partial charge is 0.292 e. The molecule has 0 unspecified atom stereocenters. The Morgan fingerprint density at radius 2 is 1.89 bits per heavy atom. The Hall–Kier alpha value is -1.66. The molecule has 1 aliphatic rings. The summed E-state index contributed by atoms with van der Waals surface area (Å²) in [6.07, 6.45) is 3.58. The van der Waals surface area contributed by atoms with E-state index < -0.39 is 10.1 Å². The minimum absolute atomic E-state index is 0.0429. The summed E-state index contributed by atoms with van der Waals surface area (Å²) in [4.78, 5) is 11.5. The number of Topliss-reactive ketones (excluding diaryl/α,β-unsaturated/α-hetero) is 1. The molecule has 1 aliphatic carbocycles. The second-order valence-electron chi connectivity index (χ2n) is 3.89. The van der Waals surface area contributed by atoms with Crippen molar-refractivity contribution in [3.05, 3.63) is 42.1 Å². The normalized spacial score (nSPS) is 16.2. The average Bonchev–Trinajstić information content (AvgIpc) is 2.39. The molecule has 2 rings (SSSR count). The highest BCUT2D eigenvalue weighted by atomic mass is 32.2. The molecule has 0 atom stereocenters. The fourth-order valence-corrected chi connectivity index (χ4v) is 2.38. The van der Waals surface area contributed by atoms with Gasteiger partial charge in [-0.1, -0.05) is 24.3 Å². The third kappa shape index (κ3) is 2.96. The molecule has 0 radical (unpaired) electrons. The highest BCUT2D eigenvalue weighted by Crippen LogP contribution is 2.14.